The lowest BCUT2D eigenvalue weighted by molar-refractivity contribution is -0.112. The van der Waals surface area contributed by atoms with Gasteiger partial charge in [0.2, 0.25) is 0 Å². The molecular formula is C24H16Cl2N2O4. The van der Waals surface area contributed by atoms with Crippen LogP contribution < -0.4 is 14.8 Å². The van der Waals surface area contributed by atoms with E-state index in [-0.39, 0.29) is 22.1 Å². The molecule has 0 bridgehead atoms. The first-order valence-corrected chi connectivity index (χ1v) is 10.0. The minimum Gasteiger partial charge on any atom is -0.493 e. The molecule has 0 atom stereocenters. The van der Waals surface area contributed by atoms with Crippen LogP contribution in [0.25, 0.3) is 6.08 Å². The van der Waals surface area contributed by atoms with Crippen LogP contribution in [0, 0.1) is 11.3 Å². The third-order valence-electron chi connectivity index (χ3n) is 4.25. The third kappa shape index (κ3) is 5.67. The summed E-state index contributed by atoms with van der Waals surface area (Å²) in [6, 6.07) is 19.7. The van der Waals surface area contributed by atoms with Gasteiger partial charge in [0, 0.05) is 5.69 Å². The van der Waals surface area contributed by atoms with E-state index < -0.39 is 11.9 Å². The summed E-state index contributed by atoms with van der Waals surface area (Å²) >= 11 is 11.8. The second-order valence-electron chi connectivity index (χ2n) is 6.42. The Bertz CT molecular complexity index is 1230. The van der Waals surface area contributed by atoms with Crippen molar-refractivity contribution >= 4 is 46.8 Å². The van der Waals surface area contributed by atoms with Crippen molar-refractivity contribution in [2.45, 2.75) is 0 Å². The van der Waals surface area contributed by atoms with E-state index in [1.165, 1.54) is 31.4 Å². The van der Waals surface area contributed by atoms with Crippen LogP contribution in [0.2, 0.25) is 10.0 Å². The van der Waals surface area contributed by atoms with Crippen molar-refractivity contribution in [3.05, 3.63) is 93.5 Å². The summed E-state index contributed by atoms with van der Waals surface area (Å²) in [7, 11) is 1.42. The van der Waals surface area contributed by atoms with Crippen LogP contribution in [0.15, 0.2) is 72.3 Å². The zero-order valence-electron chi connectivity index (χ0n) is 16.8. The van der Waals surface area contributed by atoms with E-state index in [0.717, 1.165) is 0 Å². The fourth-order valence-electron chi connectivity index (χ4n) is 2.68. The van der Waals surface area contributed by atoms with E-state index >= 15 is 0 Å². The van der Waals surface area contributed by atoms with Crippen molar-refractivity contribution in [2.75, 3.05) is 12.4 Å². The molecule has 0 saturated heterocycles. The Morgan fingerprint density at radius 2 is 1.72 bits per heavy atom. The lowest BCUT2D eigenvalue weighted by atomic mass is 10.1. The number of halogens is 2. The number of nitrogens with one attached hydrogen (secondary N) is 1. The molecule has 6 nitrogen and oxygen atoms in total. The number of nitrogens with zero attached hydrogens (tertiary/aromatic N) is 1. The number of benzene rings is 3. The van der Waals surface area contributed by atoms with Gasteiger partial charge >= 0.3 is 5.97 Å². The molecule has 32 heavy (non-hydrogen) atoms. The van der Waals surface area contributed by atoms with Crippen molar-refractivity contribution in [1.82, 2.24) is 0 Å². The molecule has 0 aliphatic heterocycles. The number of rotatable bonds is 6. The molecule has 0 aliphatic rings. The van der Waals surface area contributed by atoms with Gasteiger partial charge in [0.1, 0.15) is 11.6 Å². The number of carbonyl (C=O) groups excluding carboxylic acids is 2. The fourth-order valence-corrected chi connectivity index (χ4v) is 2.98. The minimum atomic E-state index is -0.621. The Hall–Kier alpha value is -3.79. The molecule has 0 heterocycles. The Labute approximate surface area is 194 Å². The summed E-state index contributed by atoms with van der Waals surface area (Å²) in [5.74, 6) is -0.683. The van der Waals surface area contributed by atoms with Crippen LogP contribution in [-0.2, 0) is 4.79 Å². The smallest absolute Gasteiger partial charge is 0.343 e. The minimum absolute atomic E-state index is 0.146. The topological polar surface area (TPSA) is 88.4 Å². The lowest BCUT2D eigenvalue weighted by Crippen LogP contribution is -2.13. The van der Waals surface area contributed by atoms with E-state index in [4.69, 9.17) is 32.7 Å². The first-order chi connectivity index (χ1) is 15.4. The van der Waals surface area contributed by atoms with Gasteiger partial charge in [-0.2, -0.15) is 5.26 Å². The Kier molecular flexibility index (Phi) is 7.50. The monoisotopic (exact) mass is 466 g/mol. The fraction of sp³-hybridized carbons (Fsp3) is 0.0417. The molecule has 3 aromatic carbocycles. The highest BCUT2D eigenvalue weighted by Gasteiger charge is 2.14. The first kappa shape index (κ1) is 22.9. The van der Waals surface area contributed by atoms with Gasteiger partial charge in [-0.25, -0.2) is 4.79 Å². The van der Waals surface area contributed by atoms with Gasteiger partial charge in [0.25, 0.3) is 5.91 Å². The number of amides is 1. The molecule has 1 N–H and O–H groups in total. The zero-order chi connectivity index (χ0) is 23.1. The Morgan fingerprint density at radius 3 is 2.38 bits per heavy atom. The average molecular weight is 467 g/mol. The molecule has 0 aromatic heterocycles. The molecule has 0 radical (unpaired) electrons. The van der Waals surface area contributed by atoms with Crippen LogP contribution in [0.5, 0.6) is 11.5 Å². The molecule has 3 rings (SSSR count). The van der Waals surface area contributed by atoms with Gasteiger partial charge < -0.3 is 14.8 Å². The highest BCUT2D eigenvalue weighted by Crippen LogP contribution is 2.30. The maximum Gasteiger partial charge on any atom is 0.343 e. The maximum atomic E-state index is 12.5. The molecule has 0 saturated carbocycles. The molecule has 0 unspecified atom stereocenters. The molecule has 3 aromatic rings. The second kappa shape index (κ2) is 10.5. The molecular weight excluding hydrogens is 451 g/mol. The number of anilines is 1. The zero-order valence-corrected chi connectivity index (χ0v) is 18.3. The van der Waals surface area contributed by atoms with Crippen LogP contribution in [0.3, 0.4) is 0 Å². The van der Waals surface area contributed by atoms with E-state index in [1.54, 1.807) is 48.5 Å². The molecule has 0 aliphatic carbocycles. The molecule has 0 fully saturated rings. The van der Waals surface area contributed by atoms with Crippen LogP contribution in [0.1, 0.15) is 15.9 Å². The normalized spacial score (nSPS) is 10.8. The number of nitriles is 1. The molecule has 0 spiro atoms. The highest BCUT2D eigenvalue weighted by molar-refractivity contribution is 6.42. The van der Waals surface area contributed by atoms with Gasteiger partial charge in [-0.15, -0.1) is 0 Å². The van der Waals surface area contributed by atoms with E-state index in [9.17, 15) is 14.9 Å². The van der Waals surface area contributed by atoms with E-state index in [0.29, 0.717) is 21.8 Å². The molecule has 1 amide bonds. The van der Waals surface area contributed by atoms with Crippen LogP contribution >= 0.6 is 23.2 Å². The molecule has 160 valence electrons. The van der Waals surface area contributed by atoms with Crippen molar-refractivity contribution in [2.24, 2.45) is 0 Å². The van der Waals surface area contributed by atoms with Gasteiger partial charge in [0.15, 0.2) is 11.5 Å². The predicted molar refractivity (Wildman–Crippen MR) is 123 cm³/mol. The maximum absolute atomic E-state index is 12.5. The summed E-state index contributed by atoms with van der Waals surface area (Å²) in [5, 5.41) is 12.6. The van der Waals surface area contributed by atoms with Crippen molar-refractivity contribution < 1.29 is 19.1 Å². The second-order valence-corrected chi connectivity index (χ2v) is 7.23. The summed E-state index contributed by atoms with van der Waals surface area (Å²) in [6.07, 6.45) is 1.39. The highest BCUT2D eigenvalue weighted by atomic mass is 35.5. The Balaban J connectivity index is 1.80. The predicted octanol–water partition coefficient (Wildman–Crippen LogP) is 5.77. The number of carbonyl (C=O) groups is 2. The SMILES string of the molecule is COc1cc(/C=C(\C#N)C(=O)Nc2ccc(Cl)c(Cl)c2)ccc1OC(=O)c1ccccc1. The Morgan fingerprint density at radius 1 is 0.969 bits per heavy atom. The quantitative estimate of drug-likeness (QED) is 0.215. The summed E-state index contributed by atoms with van der Waals surface area (Å²) < 4.78 is 10.7. The molecule has 8 heteroatoms. The van der Waals surface area contributed by atoms with E-state index in [2.05, 4.69) is 5.32 Å². The largest absolute Gasteiger partial charge is 0.493 e. The summed E-state index contributed by atoms with van der Waals surface area (Å²) in [5.41, 5.74) is 1.14. The van der Waals surface area contributed by atoms with Crippen molar-refractivity contribution in [1.29, 1.82) is 5.26 Å². The van der Waals surface area contributed by atoms with Crippen molar-refractivity contribution in [3.63, 3.8) is 0 Å². The number of hydrogen-bond acceptors (Lipinski definition) is 5. The van der Waals surface area contributed by atoms with Crippen LogP contribution in [-0.4, -0.2) is 19.0 Å². The van der Waals surface area contributed by atoms with Crippen molar-refractivity contribution in [3.8, 4) is 17.6 Å². The third-order valence-corrected chi connectivity index (χ3v) is 4.99. The standard InChI is InChI=1S/C24H16Cl2N2O4/c1-31-22-12-15(7-10-21(22)32-24(30)16-5-3-2-4-6-16)11-17(14-27)23(29)28-18-8-9-19(25)20(26)13-18/h2-13H,1H3,(H,28,29)/b17-11+. The van der Waals surface area contributed by atoms with Crippen LogP contribution in [0.4, 0.5) is 5.69 Å². The number of ether oxygens (including phenoxy) is 2. The average Bonchev–Trinajstić information content (AvgIpc) is 2.81. The van der Waals surface area contributed by atoms with Gasteiger partial charge in [0.05, 0.1) is 22.7 Å². The lowest BCUT2D eigenvalue weighted by Gasteiger charge is -2.10. The number of esters is 1. The number of hydrogen-bond donors (Lipinski definition) is 1. The summed E-state index contributed by atoms with van der Waals surface area (Å²) in [6.45, 7) is 0. The van der Waals surface area contributed by atoms with Gasteiger partial charge in [-0.3, -0.25) is 4.79 Å². The first-order valence-electron chi connectivity index (χ1n) is 9.24. The van der Waals surface area contributed by atoms with Gasteiger partial charge in [-0.1, -0.05) is 47.5 Å². The van der Waals surface area contributed by atoms with Gasteiger partial charge in [-0.05, 0) is 54.1 Å². The summed E-state index contributed by atoms with van der Waals surface area (Å²) in [4.78, 5) is 24.8. The van der Waals surface area contributed by atoms with E-state index in [1.807, 2.05) is 6.07 Å². The number of methoxy groups -OCH3 is 1.